The Bertz CT molecular complexity index is 394. The van der Waals surface area contributed by atoms with Crippen LogP contribution >= 0.6 is 11.6 Å². The number of carbonyl (C=O) groups is 1. The van der Waals surface area contributed by atoms with Crippen LogP contribution in [0.15, 0.2) is 11.2 Å². The summed E-state index contributed by atoms with van der Waals surface area (Å²) in [6.45, 7) is 0.595. The van der Waals surface area contributed by atoms with E-state index in [0.717, 1.165) is 11.3 Å². The van der Waals surface area contributed by atoms with E-state index in [0.29, 0.717) is 17.4 Å². The Morgan fingerprint density at radius 3 is 3.08 bits per heavy atom. The monoisotopic (exact) mass is 197 g/mol. The van der Waals surface area contributed by atoms with Gasteiger partial charge in [-0.1, -0.05) is 11.6 Å². The zero-order chi connectivity index (χ0) is 9.42. The van der Waals surface area contributed by atoms with Gasteiger partial charge in [0.15, 0.2) is 0 Å². The van der Waals surface area contributed by atoms with Crippen molar-refractivity contribution in [3.8, 4) is 0 Å². The topological polar surface area (TPSA) is 70.9 Å². The molecule has 0 fully saturated rings. The minimum absolute atomic E-state index is 0.411. The molecule has 1 aliphatic heterocycles. The van der Waals surface area contributed by atoms with Gasteiger partial charge in [-0.15, -0.1) is 0 Å². The van der Waals surface area contributed by atoms with Crippen LogP contribution in [0.2, 0.25) is 0 Å². The first kappa shape index (κ1) is 8.19. The first-order chi connectivity index (χ1) is 6.16. The molecule has 5 heteroatoms. The van der Waals surface area contributed by atoms with Crippen molar-refractivity contribution in [2.24, 2.45) is 5.73 Å². The van der Waals surface area contributed by atoms with Gasteiger partial charge in [-0.3, -0.25) is 4.79 Å². The minimum Gasteiger partial charge on any atom is -0.370 e. The number of aromatic amines is 1. The van der Waals surface area contributed by atoms with Crippen LogP contribution in [0.3, 0.4) is 0 Å². The molecule has 4 nitrogen and oxygen atoms in total. The summed E-state index contributed by atoms with van der Waals surface area (Å²) in [5, 5.41) is 3.51. The Balaban J connectivity index is 2.46. The van der Waals surface area contributed by atoms with Crippen molar-refractivity contribution in [1.29, 1.82) is 0 Å². The lowest BCUT2D eigenvalue weighted by Crippen LogP contribution is -2.14. The summed E-state index contributed by atoms with van der Waals surface area (Å²) in [7, 11) is 0. The van der Waals surface area contributed by atoms with E-state index >= 15 is 0 Å². The summed E-state index contributed by atoms with van der Waals surface area (Å²) in [5.74, 6) is -0.459. The lowest BCUT2D eigenvalue weighted by Gasteiger charge is -2.09. The minimum atomic E-state index is -0.459. The Hall–Kier alpha value is -1.42. The molecule has 0 atom stereocenters. The molecule has 68 valence electrons. The number of hydrogen-bond acceptors (Lipinski definition) is 2. The van der Waals surface area contributed by atoms with Crippen LogP contribution in [0.5, 0.6) is 0 Å². The first-order valence-corrected chi connectivity index (χ1v) is 4.17. The molecule has 4 N–H and O–H groups in total. The molecule has 0 saturated heterocycles. The second-order valence-corrected chi connectivity index (χ2v) is 3.23. The van der Waals surface area contributed by atoms with Gasteiger partial charge in [0.1, 0.15) is 10.9 Å². The van der Waals surface area contributed by atoms with E-state index in [1.54, 1.807) is 12.1 Å². The van der Waals surface area contributed by atoms with Gasteiger partial charge < -0.3 is 16.0 Å². The highest BCUT2D eigenvalue weighted by molar-refractivity contribution is 6.31. The summed E-state index contributed by atoms with van der Waals surface area (Å²) in [6, 6.07) is 1.70. The van der Waals surface area contributed by atoms with E-state index in [9.17, 15) is 4.79 Å². The summed E-state index contributed by atoms with van der Waals surface area (Å²) >= 11 is 5.75. The standard InChI is InChI=1S/C8H8ClN3O/c9-7-2-4-1-5(8(10)13)12-6(4)3-11-7/h1-2,11-12H,3H2,(H2,10,13). The average molecular weight is 198 g/mol. The summed E-state index contributed by atoms with van der Waals surface area (Å²) in [4.78, 5) is 13.7. The number of amides is 1. The Kier molecular flexibility index (Phi) is 1.77. The number of H-pyrrole nitrogens is 1. The molecule has 0 spiro atoms. The molecule has 1 aromatic heterocycles. The maximum Gasteiger partial charge on any atom is 0.265 e. The molecule has 0 aliphatic carbocycles. The van der Waals surface area contributed by atoms with Crippen LogP contribution in [-0.4, -0.2) is 10.9 Å². The summed E-state index contributed by atoms with van der Waals surface area (Å²) in [6.07, 6.45) is 1.75. The number of aromatic nitrogens is 1. The Morgan fingerprint density at radius 1 is 1.62 bits per heavy atom. The normalized spacial score (nSPS) is 14.4. The van der Waals surface area contributed by atoms with Gasteiger partial charge in [0, 0.05) is 11.3 Å². The number of fused-ring (bicyclic) bond motifs is 1. The van der Waals surface area contributed by atoms with E-state index in [1.165, 1.54) is 0 Å². The maximum atomic E-state index is 10.8. The van der Waals surface area contributed by atoms with Crippen LogP contribution in [0.1, 0.15) is 21.7 Å². The lowest BCUT2D eigenvalue weighted by molar-refractivity contribution is 0.0996. The number of nitrogens with two attached hydrogens (primary N) is 1. The molecule has 2 heterocycles. The van der Waals surface area contributed by atoms with Gasteiger partial charge in [-0.2, -0.15) is 0 Å². The highest BCUT2D eigenvalue weighted by Gasteiger charge is 2.13. The van der Waals surface area contributed by atoms with E-state index in [2.05, 4.69) is 10.3 Å². The molecular formula is C8H8ClN3O. The van der Waals surface area contributed by atoms with Crippen molar-refractivity contribution in [3.05, 3.63) is 28.2 Å². The largest absolute Gasteiger partial charge is 0.370 e. The number of halogens is 1. The predicted molar refractivity (Wildman–Crippen MR) is 50.0 cm³/mol. The number of hydrogen-bond donors (Lipinski definition) is 3. The zero-order valence-corrected chi connectivity index (χ0v) is 7.48. The van der Waals surface area contributed by atoms with E-state index < -0.39 is 5.91 Å². The van der Waals surface area contributed by atoms with Crippen molar-refractivity contribution in [1.82, 2.24) is 10.3 Å². The summed E-state index contributed by atoms with van der Waals surface area (Å²) in [5.41, 5.74) is 7.37. The number of rotatable bonds is 1. The van der Waals surface area contributed by atoms with Crippen molar-refractivity contribution in [2.45, 2.75) is 6.54 Å². The first-order valence-electron chi connectivity index (χ1n) is 3.79. The molecule has 13 heavy (non-hydrogen) atoms. The molecule has 0 bridgehead atoms. The molecule has 1 amide bonds. The van der Waals surface area contributed by atoms with Crippen molar-refractivity contribution < 1.29 is 4.79 Å². The second kappa shape index (κ2) is 2.81. The van der Waals surface area contributed by atoms with Crippen molar-refractivity contribution >= 4 is 23.6 Å². The van der Waals surface area contributed by atoms with Gasteiger partial charge in [0.2, 0.25) is 0 Å². The number of carbonyl (C=O) groups excluding carboxylic acids is 1. The van der Waals surface area contributed by atoms with Gasteiger partial charge in [0.05, 0.1) is 6.54 Å². The highest BCUT2D eigenvalue weighted by Crippen LogP contribution is 2.19. The quantitative estimate of drug-likeness (QED) is 0.582. The van der Waals surface area contributed by atoms with Crippen LogP contribution in [0.4, 0.5) is 0 Å². The average Bonchev–Trinajstić information content (AvgIpc) is 2.46. The number of primary amides is 1. The molecule has 0 saturated carbocycles. The van der Waals surface area contributed by atoms with Gasteiger partial charge >= 0.3 is 0 Å². The van der Waals surface area contributed by atoms with Crippen LogP contribution < -0.4 is 11.1 Å². The van der Waals surface area contributed by atoms with Crippen molar-refractivity contribution in [2.75, 3.05) is 0 Å². The molecule has 1 aliphatic rings. The van der Waals surface area contributed by atoms with Crippen LogP contribution in [0.25, 0.3) is 6.08 Å². The Labute approximate surface area is 79.8 Å². The fourth-order valence-corrected chi connectivity index (χ4v) is 1.47. The third-order valence-corrected chi connectivity index (χ3v) is 2.16. The fourth-order valence-electron chi connectivity index (χ4n) is 1.28. The van der Waals surface area contributed by atoms with Gasteiger partial charge in [-0.05, 0) is 12.1 Å². The molecule has 0 radical (unpaired) electrons. The van der Waals surface area contributed by atoms with Crippen molar-refractivity contribution in [3.63, 3.8) is 0 Å². The third-order valence-electron chi connectivity index (χ3n) is 1.92. The smallest absolute Gasteiger partial charge is 0.265 e. The predicted octanol–water partition coefficient (Wildman–Crippen LogP) is 0.754. The highest BCUT2D eigenvalue weighted by atomic mass is 35.5. The van der Waals surface area contributed by atoms with E-state index in [4.69, 9.17) is 17.3 Å². The van der Waals surface area contributed by atoms with Gasteiger partial charge in [0.25, 0.3) is 5.91 Å². The molecule has 2 rings (SSSR count). The van der Waals surface area contributed by atoms with E-state index in [-0.39, 0.29) is 0 Å². The maximum absolute atomic E-state index is 10.8. The van der Waals surface area contributed by atoms with Crippen LogP contribution in [0, 0.1) is 0 Å². The molecule has 1 aromatic rings. The molecular weight excluding hydrogens is 190 g/mol. The molecule has 0 unspecified atom stereocenters. The second-order valence-electron chi connectivity index (χ2n) is 2.83. The summed E-state index contributed by atoms with van der Waals surface area (Å²) < 4.78 is 0. The number of nitrogens with one attached hydrogen (secondary N) is 2. The molecule has 0 aromatic carbocycles. The van der Waals surface area contributed by atoms with E-state index in [1.807, 2.05) is 0 Å². The fraction of sp³-hybridized carbons (Fsp3) is 0.125. The Morgan fingerprint density at radius 2 is 2.38 bits per heavy atom. The lowest BCUT2D eigenvalue weighted by atomic mass is 10.2. The SMILES string of the molecule is NC(=O)c1cc2c([nH]1)CNC(Cl)=C2. The third kappa shape index (κ3) is 1.40. The van der Waals surface area contributed by atoms with Gasteiger partial charge in [-0.25, -0.2) is 0 Å². The zero-order valence-electron chi connectivity index (χ0n) is 6.73. The van der Waals surface area contributed by atoms with Crippen LogP contribution in [-0.2, 0) is 6.54 Å².